The molecule has 1 aromatic rings. The van der Waals surface area contributed by atoms with Crippen molar-refractivity contribution in [1.29, 1.82) is 0 Å². The lowest BCUT2D eigenvalue weighted by atomic mass is 9.87. The van der Waals surface area contributed by atoms with Crippen molar-refractivity contribution in [1.82, 2.24) is 0 Å². The van der Waals surface area contributed by atoms with Gasteiger partial charge in [0.2, 0.25) is 0 Å². The SMILES string of the molecule is CO[C@H]1/C=C\C=C(/C)C(=O)N=c2cc(O)c3c(c2O)C[C@@H](C)C[C@H](OC)[C@H](OCC#CCCN=3)[C@@H](C)/C=C(\C)[C@@H]1OC(C)=O. The van der Waals surface area contributed by atoms with Gasteiger partial charge >= 0.3 is 5.97 Å². The third kappa shape index (κ3) is 9.11. The molecule has 1 aromatic carbocycles. The molecule has 0 radical (unpaired) electrons. The zero-order valence-electron chi connectivity index (χ0n) is 26.6. The number of nitrogens with zero attached hydrogens (tertiary/aromatic N) is 2. The number of hydrogen-bond acceptors (Lipinski definition) is 9. The number of ether oxygens (including phenoxy) is 4. The Morgan fingerprint density at radius 1 is 1.14 bits per heavy atom. The lowest BCUT2D eigenvalue weighted by molar-refractivity contribution is -0.149. The molecule has 1 amide bonds. The summed E-state index contributed by atoms with van der Waals surface area (Å²) in [5, 5.41) is 22.5. The van der Waals surface area contributed by atoms with E-state index in [2.05, 4.69) is 21.8 Å². The van der Waals surface area contributed by atoms with Gasteiger partial charge in [-0.05, 0) is 38.2 Å². The zero-order valence-corrected chi connectivity index (χ0v) is 26.6. The van der Waals surface area contributed by atoms with Crippen LogP contribution in [0.4, 0.5) is 0 Å². The lowest BCUT2D eigenvalue weighted by Gasteiger charge is -2.32. The number of methoxy groups -OCH3 is 2. The quantitative estimate of drug-likeness (QED) is 0.231. The molecule has 0 saturated carbocycles. The lowest BCUT2D eigenvalue weighted by Crippen LogP contribution is -2.38. The number of fused-ring (bicyclic) bond motifs is 5. The number of carbonyl (C=O) groups is 2. The molecule has 3 rings (SSSR count). The molecule has 2 aliphatic heterocycles. The molecule has 2 heterocycles. The Morgan fingerprint density at radius 3 is 2.57 bits per heavy atom. The van der Waals surface area contributed by atoms with E-state index in [1.165, 1.54) is 20.1 Å². The van der Waals surface area contributed by atoms with Crippen LogP contribution in [0.15, 0.2) is 51.5 Å². The highest BCUT2D eigenvalue weighted by molar-refractivity contribution is 5.94. The number of amides is 1. The van der Waals surface area contributed by atoms with Crippen molar-refractivity contribution in [2.75, 3.05) is 27.4 Å². The molecule has 238 valence electrons. The third-order valence-electron chi connectivity index (χ3n) is 7.73. The zero-order chi connectivity index (χ0) is 32.4. The Kier molecular flexibility index (Phi) is 12.9. The minimum absolute atomic E-state index is 0.0492. The summed E-state index contributed by atoms with van der Waals surface area (Å²) in [6.07, 6.45) is 5.96. The number of aromatic hydroxyl groups is 2. The average Bonchev–Trinajstić information content (AvgIpc) is 2.97. The predicted octanol–water partition coefficient (Wildman–Crippen LogP) is 3.28. The van der Waals surface area contributed by atoms with Crippen LogP contribution in [-0.2, 0) is 35.0 Å². The van der Waals surface area contributed by atoms with Crippen molar-refractivity contribution in [2.24, 2.45) is 21.8 Å². The summed E-state index contributed by atoms with van der Waals surface area (Å²) in [7, 11) is 3.14. The number of esters is 1. The molecule has 44 heavy (non-hydrogen) atoms. The van der Waals surface area contributed by atoms with Crippen LogP contribution in [0.25, 0.3) is 0 Å². The molecule has 0 aromatic heterocycles. The van der Waals surface area contributed by atoms with Gasteiger partial charge in [-0.2, -0.15) is 0 Å². The number of carbonyl (C=O) groups excluding carboxylic acids is 2. The average molecular weight is 609 g/mol. The second kappa shape index (κ2) is 16.3. The normalized spacial score (nSPS) is 30.1. The van der Waals surface area contributed by atoms with E-state index in [4.69, 9.17) is 18.9 Å². The monoisotopic (exact) mass is 608 g/mol. The van der Waals surface area contributed by atoms with Gasteiger partial charge in [0.05, 0.1) is 18.8 Å². The molecular formula is C34H44N2O8. The Morgan fingerprint density at radius 2 is 1.89 bits per heavy atom. The maximum atomic E-state index is 13.0. The summed E-state index contributed by atoms with van der Waals surface area (Å²) in [6, 6.07) is 1.25. The van der Waals surface area contributed by atoms with Crippen LogP contribution in [0.2, 0.25) is 0 Å². The van der Waals surface area contributed by atoms with Crippen molar-refractivity contribution >= 4 is 11.9 Å². The van der Waals surface area contributed by atoms with Gasteiger partial charge in [0.25, 0.3) is 5.91 Å². The van der Waals surface area contributed by atoms with Gasteiger partial charge in [-0.25, -0.2) is 4.99 Å². The maximum Gasteiger partial charge on any atom is 0.303 e. The summed E-state index contributed by atoms with van der Waals surface area (Å²) in [5.41, 5.74) is 1.44. The third-order valence-corrected chi connectivity index (χ3v) is 7.73. The second-order valence-corrected chi connectivity index (χ2v) is 11.3. The van der Waals surface area contributed by atoms with E-state index in [-0.39, 0.29) is 52.3 Å². The van der Waals surface area contributed by atoms with Crippen molar-refractivity contribution in [3.05, 3.63) is 57.8 Å². The molecular weight excluding hydrogens is 564 g/mol. The molecule has 3 bridgehead atoms. The highest BCUT2D eigenvalue weighted by Gasteiger charge is 2.31. The van der Waals surface area contributed by atoms with E-state index in [0.717, 1.165) is 5.57 Å². The first-order valence-electron chi connectivity index (χ1n) is 14.8. The Labute approximate surface area is 259 Å². The van der Waals surface area contributed by atoms with Gasteiger partial charge in [0.15, 0.2) is 6.10 Å². The first-order valence-corrected chi connectivity index (χ1v) is 14.8. The van der Waals surface area contributed by atoms with Crippen LogP contribution in [-0.4, -0.2) is 73.9 Å². The molecule has 0 unspecified atom stereocenters. The van der Waals surface area contributed by atoms with Gasteiger partial charge < -0.3 is 29.2 Å². The molecule has 0 aliphatic carbocycles. The highest BCUT2D eigenvalue weighted by atomic mass is 16.6. The van der Waals surface area contributed by atoms with Gasteiger partial charge in [-0.15, -0.1) is 0 Å². The van der Waals surface area contributed by atoms with E-state index in [1.54, 1.807) is 32.3 Å². The second-order valence-electron chi connectivity index (χ2n) is 11.3. The number of phenols is 2. The molecule has 0 fully saturated rings. The van der Waals surface area contributed by atoms with Gasteiger partial charge in [0, 0.05) is 50.7 Å². The molecule has 10 nitrogen and oxygen atoms in total. The van der Waals surface area contributed by atoms with Crippen molar-refractivity contribution in [2.45, 2.75) is 78.3 Å². The Balaban J connectivity index is 2.31. The maximum absolute atomic E-state index is 13.0. The van der Waals surface area contributed by atoms with Crippen LogP contribution >= 0.6 is 0 Å². The molecule has 2 N–H and O–H groups in total. The first kappa shape index (κ1) is 34.7. The summed E-state index contributed by atoms with van der Waals surface area (Å²) < 4.78 is 23.7. The number of rotatable bonds is 3. The van der Waals surface area contributed by atoms with E-state index in [9.17, 15) is 19.8 Å². The predicted molar refractivity (Wildman–Crippen MR) is 165 cm³/mol. The number of hydrogen-bond donors (Lipinski definition) is 2. The summed E-state index contributed by atoms with van der Waals surface area (Å²) in [6.45, 7) is 9.30. The van der Waals surface area contributed by atoms with E-state index >= 15 is 0 Å². The molecule has 2 aliphatic rings. The standard InChI is InChI=1S/C34H44N2O8/c1-20-16-25-30-27(38)19-26(31(25)39)36-34(40)21(2)12-11-13-28(41-6)33(44-24(5)37)23(4)18-22(3)32(29(17-20)42-7)43-15-10-8-9-14-35-30/h11-13,18-20,22,28-29,32-33,38-39H,9,14-17H2,1-7H3/b13-11-,21-12+,23-18+,35-30?,36-26?/t20-,22+,28+,29+,32-,33+/m1/s1. The minimum atomic E-state index is -0.742. The Hall–Kier alpha value is -3.78. The summed E-state index contributed by atoms with van der Waals surface area (Å²) in [4.78, 5) is 33.8. The molecule has 0 spiro atoms. The van der Waals surface area contributed by atoms with Crippen LogP contribution in [0.3, 0.4) is 0 Å². The summed E-state index contributed by atoms with van der Waals surface area (Å²) >= 11 is 0. The van der Waals surface area contributed by atoms with Gasteiger partial charge in [-0.3, -0.25) is 14.6 Å². The van der Waals surface area contributed by atoms with Crippen LogP contribution in [0, 0.1) is 23.7 Å². The van der Waals surface area contributed by atoms with Gasteiger partial charge in [-0.1, -0.05) is 50.0 Å². The van der Waals surface area contributed by atoms with Crippen molar-refractivity contribution < 1.29 is 38.7 Å². The Bertz CT molecular complexity index is 1480. The largest absolute Gasteiger partial charge is 0.506 e. The molecule has 0 saturated heterocycles. The first-order chi connectivity index (χ1) is 21.0. The highest BCUT2D eigenvalue weighted by Crippen LogP contribution is 2.27. The number of benzene rings is 1. The van der Waals surface area contributed by atoms with E-state index in [0.29, 0.717) is 31.4 Å². The summed E-state index contributed by atoms with van der Waals surface area (Å²) in [5.74, 6) is 4.39. The minimum Gasteiger partial charge on any atom is -0.506 e. The van der Waals surface area contributed by atoms with Gasteiger partial charge in [0.1, 0.15) is 34.9 Å². The fourth-order valence-corrected chi connectivity index (χ4v) is 5.52. The fourth-order valence-electron chi connectivity index (χ4n) is 5.52. The van der Waals surface area contributed by atoms with Crippen LogP contribution < -0.4 is 10.7 Å². The van der Waals surface area contributed by atoms with Crippen LogP contribution in [0.1, 0.15) is 53.0 Å². The van der Waals surface area contributed by atoms with E-state index < -0.39 is 30.2 Å². The molecule has 6 atom stereocenters. The van der Waals surface area contributed by atoms with Crippen LogP contribution in [0.5, 0.6) is 11.5 Å². The number of phenolic OH excluding ortho intramolecular Hbond substituents is 2. The number of allylic oxidation sites excluding steroid dienone is 2. The van der Waals surface area contributed by atoms with Crippen molar-refractivity contribution in [3.63, 3.8) is 0 Å². The van der Waals surface area contributed by atoms with E-state index in [1.807, 2.05) is 26.8 Å². The molecule has 10 heteroatoms. The fraction of sp³-hybridized carbons (Fsp3) is 0.529. The topological polar surface area (TPSA) is 136 Å². The smallest absolute Gasteiger partial charge is 0.303 e. The van der Waals surface area contributed by atoms with Crippen molar-refractivity contribution in [3.8, 4) is 23.3 Å².